The Morgan fingerprint density at radius 1 is 0.889 bits per heavy atom. The highest BCUT2D eigenvalue weighted by atomic mass is 16.5. The predicted octanol–water partition coefficient (Wildman–Crippen LogP) is 3.90. The second kappa shape index (κ2) is 8.83. The summed E-state index contributed by atoms with van der Waals surface area (Å²) < 4.78 is 10.7. The maximum absolute atomic E-state index is 13.6. The summed E-state index contributed by atoms with van der Waals surface area (Å²) in [6.07, 6.45) is 0.824. The van der Waals surface area contributed by atoms with Crippen LogP contribution in [0.4, 0.5) is 0 Å². The van der Waals surface area contributed by atoms with E-state index in [9.17, 15) is 9.59 Å². The quantitative estimate of drug-likeness (QED) is 0.379. The second-order valence-corrected chi connectivity index (χ2v) is 9.24. The number of aryl methyl sites for hydroxylation is 2. The Bertz CT molecular complexity index is 1470. The summed E-state index contributed by atoms with van der Waals surface area (Å²) in [4.78, 5) is 35.1. The first-order valence-electron chi connectivity index (χ1n) is 12.1. The van der Waals surface area contributed by atoms with Crippen LogP contribution >= 0.6 is 0 Å². The summed E-state index contributed by atoms with van der Waals surface area (Å²) in [6.45, 7) is 6.90. The molecular formula is C27H25N5O4. The summed E-state index contributed by atoms with van der Waals surface area (Å²) in [5.41, 5.74) is 4.88. The standard InChI is InChI=1S/C27H25N5O4/c1-16-23(17(2)35-29-16)26-28-22(30-36-26)15-31-11-6-12-32(14-13-31)27(34)21-10-5-9-20-24(21)18-7-3-4-8-19(18)25(20)33/h3-5,7-10H,6,11-15H2,1-2H3. The van der Waals surface area contributed by atoms with E-state index >= 15 is 0 Å². The van der Waals surface area contributed by atoms with Crippen molar-refractivity contribution in [2.45, 2.75) is 26.8 Å². The van der Waals surface area contributed by atoms with E-state index in [0.717, 1.165) is 29.7 Å². The van der Waals surface area contributed by atoms with Crippen LogP contribution in [0.5, 0.6) is 0 Å². The van der Waals surface area contributed by atoms with E-state index in [0.29, 0.717) is 66.0 Å². The summed E-state index contributed by atoms with van der Waals surface area (Å²) in [5.74, 6) is 1.57. The molecule has 0 N–H and O–H groups in total. The van der Waals surface area contributed by atoms with Crippen LogP contribution in [0.3, 0.4) is 0 Å². The average molecular weight is 484 g/mol. The average Bonchev–Trinajstić information content (AvgIpc) is 3.50. The highest BCUT2D eigenvalue weighted by Crippen LogP contribution is 2.39. The number of fused-ring (bicyclic) bond motifs is 3. The van der Waals surface area contributed by atoms with E-state index in [2.05, 4.69) is 20.2 Å². The van der Waals surface area contributed by atoms with E-state index in [1.54, 1.807) is 12.1 Å². The van der Waals surface area contributed by atoms with Gasteiger partial charge in [0.25, 0.3) is 11.8 Å². The van der Waals surface area contributed by atoms with Gasteiger partial charge in [-0.25, -0.2) is 0 Å². The van der Waals surface area contributed by atoms with Crippen LogP contribution < -0.4 is 0 Å². The first-order chi connectivity index (χ1) is 17.5. The van der Waals surface area contributed by atoms with E-state index in [1.165, 1.54) is 0 Å². The monoisotopic (exact) mass is 483 g/mol. The Morgan fingerprint density at radius 2 is 1.69 bits per heavy atom. The van der Waals surface area contributed by atoms with E-state index in [-0.39, 0.29) is 11.7 Å². The Hall–Kier alpha value is -4.11. The number of nitrogens with zero attached hydrogens (tertiary/aromatic N) is 5. The molecule has 2 aromatic carbocycles. The van der Waals surface area contributed by atoms with Gasteiger partial charge in [-0.05, 0) is 31.9 Å². The molecule has 4 aromatic rings. The topological polar surface area (TPSA) is 106 Å². The normalized spacial score (nSPS) is 15.6. The third-order valence-corrected chi connectivity index (χ3v) is 6.94. The number of carbonyl (C=O) groups excluding carboxylic acids is 2. The summed E-state index contributed by atoms with van der Waals surface area (Å²) in [5, 5.41) is 8.09. The highest BCUT2D eigenvalue weighted by Gasteiger charge is 2.32. The van der Waals surface area contributed by atoms with Crippen molar-refractivity contribution in [2.24, 2.45) is 0 Å². The number of amides is 1. The van der Waals surface area contributed by atoms with Gasteiger partial charge in [-0.15, -0.1) is 0 Å². The second-order valence-electron chi connectivity index (χ2n) is 9.24. The molecule has 0 saturated carbocycles. The minimum absolute atomic E-state index is 0.0200. The van der Waals surface area contributed by atoms with Gasteiger partial charge in [-0.1, -0.05) is 46.7 Å². The van der Waals surface area contributed by atoms with Crippen LogP contribution in [-0.2, 0) is 6.54 Å². The summed E-state index contributed by atoms with van der Waals surface area (Å²) >= 11 is 0. The third kappa shape index (κ3) is 3.72. The van der Waals surface area contributed by atoms with Crippen LogP contribution in [0.2, 0.25) is 0 Å². The third-order valence-electron chi connectivity index (χ3n) is 6.94. The molecule has 182 valence electrons. The Balaban J connectivity index is 1.17. The zero-order valence-corrected chi connectivity index (χ0v) is 20.2. The van der Waals surface area contributed by atoms with Crippen molar-refractivity contribution in [1.29, 1.82) is 0 Å². The molecule has 6 rings (SSSR count). The lowest BCUT2D eigenvalue weighted by molar-refractivity contribution is 0.0761. The molecule has 1 saturated heterocycles. The minimum Gasteiger partial charge on any atom is -0.361 e. The Labute approximate surface area is 207 Å². The summed E-state index contributed by atoms with van der Waals surface area (Å²) in [6, 6.07) is 12.9. The number of carbonyl (C=O) groups is 2. The minimum atomic E-state index is -0.0431. The van der Waals surface area contributed by atoms with Gasteiger partial charge in [-0.3, -0.25) is 14.5 Å². The van der Waals surface area contributed by atoms with Crippen LogP contribution in [-0.4, -0.2) is 63.0 Å². The SMILES string of the molecule is Cc1noc(C)c1-c1nc(CN2CCCN(C(=O)c3cccc4c3-c3ccccc3C4=O)CC2)no1. The fourth-order valence-corrected chi connectivity index (χ4v) is 5.16. The van der Waals surface area contributed by atoms with Crippen molar-refractivity contribution < 1.29 is 18.6 Å². The van der Waals surface area contributed by atoms with Gasteiger partial charge in [0.1, 0.15) is 11.3 Å². The van der Waals surface area contributed by atoms with Gasteiger partial charge in [0.15, 0.2) is 11.6 Å². The van der Waals surface area contributed by atoms with Crippen LogP contribution in [0.15, 0.2) is 51.5 Å². The molecule has 0 spiro atoms. The van der Waals surface area contributed by atoms with Gasteiger partial charge in [0.2, 0.25) is 0 Å². The number of aromatic nitrogens is 3. The molecule has 0 bridgehead atoms. The first-order valence-corrected chi connectivity index (χ1v) is 12.1. The molecule has 0 radical (unpaired) electrons. The fourth-order valence-electron chi connectivity index (χ4n) is 5.16. The number of ketones is 1. The smallest absolute Gasteiger partial charge is 0.263 e. The molecule has 1 amide bonds. The van der Waals surface area contributed by atoms with Crippen molar-refractivity contribution in [1.82, 2.24) is 25.1 Å². The largest absolute Gasteiger partial charge is 0.361 e. The van der Waals surface area contributed by atoms with E-state index in [1.807, 2.05) is 49.1 Å². The molecule has 0 unspecified atom stereocenters. The van der Waals surface area contributed by atoms with Gasteiger partial charge in [-0.2, -0.15) is 4.98 Å². The van der Waals surface area contributed by atoms with E-state index in [4.69, 9.17) is 9.05 Å². The van der Waals surface area contributed by atoms with Crippen molar-refractivity contribution in [2.75, 3.05) is 26.2 Å². The molecule has 9 nitrogen and oxygen atoms in total. The molecule has 3 heterocycles. The molecule has 1 aliphatic carbocycles. The van der Waals surface area contributed by atoms with Crippen molar-refractivity contribution in [3.63, 3.8) is 0 Å². The van der Waals surface area contributed by atoms with E-state index < -0.39 is 0 Å². The van der Waals surface area contributed by atoms with Crippen LogP contribution in [0.25, 0.3) is 22.6 Å². The number of rotatable bonds is 4. The molecule has 9 heteroatoms. The zero-order valence-electron chi connectivity index (χ0n) is 20.2. The number of benzene rings is 2. The highest BCUT2D eigenvalue weighted by molar-refractivity contribution is 6.24. The number of hydrogen-bond donors (Lipinski definition) is 0. The van der Waals surface area contributed by atoms with Gasteiger partial charge in [0.05, 0.1) is 12.2 Å². The number of hydrogen-bond acceptors (Lipinski definition) is 8. The molecule has 0 atom stereocenters. The maximum atomic E-state index is 13.6. The lowest BCUT2D eigenvalue weighted by atomic mass is 9.98. The van der Waals surface area contributed by atoms with Crippen LogP contribution in [0, 0.1) is 13.8 Å². The molecule has 1 fully saturated rings. The van der Waals surface area contributed by atoms with Crippen molar-refractivity contribution in [3.05, 3.63) is 76.4 Å². The van der Waals surface area contributed by atoms with Gasteiger partial charge >= 0.3 is 0 Å². The van der Waals surface area contributed by atoms with Gasteiger partial charge in [0, 0.05) is 48.4 Å². The Morgan fingerprint density at radius 3 is 2.50 bits per heavy atom. The maximum Gasteiger partial charge on any atom is 0.263 e. The Kier molecular flexibility index (Phi) is 5.49. The zero-order chi connectivity index (χ0) is 24.8. The fraction of sp³-hybridized carbons (Fsp3) is 0.296. The molecule has 2 aromatic heterocycles. The lowest BCUT2D eigenvalue weighted by Gasteiger charge is -2.22. The summed E-state index contributed by atoms with van der Waals surface area (Å²) in [7, 11) is 0. The first kappa shape index (κ1) is 22.4. The molecule has 1 aliphatic heterocycles. The van der Waals surface area contributed by atoms with Crippen molar-refractivity contribution >= 4 is 11.7 Å². The lowest BCUT2D eigenvalue weighted by Crippen LogP contribution is -2.35. The van der Waals surface area contributed by atoms with Crippen molar-refractivity contribution in [3.8, 4) is 22.6 Å². The molecular weight excluding hydrogens is 458 g/mol. The van der Waals surface area contributed by atoms with Gasteiger partial charge < -0.3 is 13.9 Å². The molecule has 36 heavy (non-hydrogen) atoms. The predicted molar refractivity (Wildman–Crippen MR) is 130 cm³/mol. The van der Waals surface area contributed by atoms with Crippen LogP contribution in [0.1, 0.15) is 50.0 Å². The molecule has 2 aliphatic rings.